The van der Waals surface area contributed by atoms with Gasteiger partial charge in [-0.15, -0.1) is 0 Å². The van der Waals surface area contributed by atoms with E-state index in [2.05, 4.69) is 17.1 Å². The summed E-state index contributed by atoms with van der Waals surface area (Å²) in [5, 5.41) is 3.97. The molecule has 0 aromatic rings. The van der Waals surface area contributed by atoms with E-state index in [1.807, 2.05) is 21.6 Å². The molecular weight excluding hydrogens is 288 g/mol. The Kier molecular flexibility index (Phi) is 7.60. The van der Waals surface area contributed by atoms with Gasteiger partial charge in [0.2, 0.25) is 5.91 Å². The highest BCUT2D eigenvalue weighted by Crippen LogP contribution is 2.39. The molecule has 2 aliphatic rings. The van der Waals surface area contributed by atoms with Crippen LogP contribution >= 0.6 is 21.6 Å². The fraction of sp³-hybridized carbons (Fsp3) is 0.933. The monoisotopic (exact) mass is 316 g/mol. The number of hydrogen-bond acceptors (Lipinski definition) is 4. The summed E-state index contributed by atoms with van der Waals surface area (Å²) in [6.07, 6.45) is 8.14. The van der Waals surface area contributed by atoms with Gasteiger partial charge in [0.05, 0.1) is 0 Å². The first-order chi connectivity index (χ1) is 9.79. The zero-order chi connectivity index (χ0) is 14.2. The Bertz CT molecular complexity index is 296. The SMILES string of the molecule is CCN1CCC[C@H]1CNC(=O)CCCC[C@H]1CCSS1. The van der Waals surface area contributed by atoms with E-state index >= 15 is 0 Å². The number of nitrogens with one attached hydrogen (secondary N) is 1. The number of carbonyl (C=O) groups is 1. The van der Waals surface area contributed by atoms with Crippen molar-refractivity contribution in [2.24, 2.45) is 0 Å². The first-order valence-corrected chi connectivity index (χ1v) is 10.5. The van der Waals surface area contributed by atoms with Crippen molar-refractivity contribution < 1.29 is 4.79 Å². The second-order valence-corrected chi connectivity index (χ2v) is 8.59. The van der Waals surface area contributed by atoms with Crippen LogP contribution in [0, 0.1) is 0 Å². The van der Waals surface area contributed by atoms with Gasteiger partial charge in [0, 0.05) is 30.0 Å². The minimum absolute atomic E-state index is 0.251. The highest BCUT2D eigenvalue weighted by Gasteiger charge is 2.23. The Morgan fingerprint density at radius 3 is 3.00 bits per heavy atom. The molecule has 116 valence electrons. The van der Waals surface area contributed by atoms with Crippen LogP contribution in [0.1, 0.15) is 51.9 Å². The molecule has 3 nitrogen and oxygen atoms in total. The molecule has 20 heavy (non-hydrogen) atoms. The van der Waals surface area contributed by atoms with Crippen molar-refractivity contribution in [3.8, 4) is 0 Å². The van der Waals surface area contributed by atoms with Gasteiger partial charge in [-0.2, -0.15) is 0 Å². The van der Waals surface area contributed by atoms with Crippen molar-refractivity contribution in [2.45, 2.75) is 63.2 Å². The second-order valence-electron chi connectivity index (χ2n) is 5.80. The van der Waals surface area contributed by atoms with Gasteiger partial charge in [-0.3, -0.25) is 9.69 Å². The standard InChI is InChI=1S/C15H28N2OS2/c1-2-17-10-5-6-13(17)12-16-15(18)8-4-3-7-14-9-11-19-20-14/h13-14H,2-12H2,1H3,(H,16,18)/t13-,14-/m0/s1. The second kappa shape index (κ2) is 9.21. The molecule has 2 rings (SSSR count). The van der Waals surface area contributed by atoms with E-state index < -0.39 is 0 Å². The van der Waals surface area contributed by atoms with Crippen LogP contribution in [0.25, 0.3) is 0 Å². The average Bonchev–Trinajstić information content (AvgIpc) is 3.12. The van der Waals surface area contributed by atoms with Gasteiger partial charge < -0.3 is 5.32 Å². The van der Waals surface area contributed by atoms with E-state index in [-0.39, 0.29) is 5.91 Å². The van der Waals surface area contributed by atoms with Crippen LogP contribution in [0.2, 0.25) is 0 Å². The molecule has 0 radical (unpaired) electrons. The fourth-order valence-electron chi connectivity index (χ4n) is 3.08. The van der Waals surface area contributed by atoms with E-state index in [1.54, 1.807) is 0 Å². The van der Waals surface area contributed by atoms with Crippen LogP contribution in [-0.2, 0) is 4.79 Å². The third-order valence-electron chi connectivity index (χ3n) is 4.35. The summed E-state index contributed by atoms with van der Waals surface area (Å²) in [5.74, 6) is 1.56. The summed E-state index contributed by atoms with van der Waals surface area (Å²) in [6, 6.07) is 0.580. The molecule has 2 saturated heterocycles. The number of amides is 1. The smallest absolute Gasteiger partial charge is 0.220 e. The first kappa shape index (κ1) is 16.5. The molecule has 1 amide bonds. The van der Waals surface area contributed by atoms with Gasteiger partial charge in [-0.1, -0.05) is 34.9 Å². The lowest BCUT2D eigenvalue weighted by molar-refractivity contribution is -0.121. The summed E-state index contributed by atoms with van der Waals surface area (Å²) in [5.41, 5.74) is 0. The molecule has 0 bridgehead atoms. The van der Waals surface area contributed by atoms with Crippen molar-refractivity contribution in [2.75, 3.05) is 25.4 Å². The summed E-state index contributed by atoms with van der Waals surface area (Å²) in [7, 11) is 4.05. The van der Waals surface area contributed by atoms with E-state index in [1.165, 1.54) is 44.4 Å². The number of likely N-dealkylation sites (N-methyl/N-ethyl adjacent to an activating group) is 1. The van der Waals surface area contributed by atoms with Crippen LogP contribution in [-0.4, -0.2) is 47.5 Å². The Labute approximate surface area is 131 Å². The number of carbonyl (C=O) groups excluding carboxylic acids is 1. The van der Waals surface area contributed by atoms with Crippen LogP contribution in [0.3, 0.4) is 0 Å². The van der Waals surface area contributed by atoms with Gasteiger partial charge in [-0.25, -0.2) is 0 Å². The highest BCUT2D eigenvalue weighted by atomic mass is 33.1. The fourth-order valence-corrected chi connectivity index (χ4v) is 6.11. The van der Waals surface area contributed by atoms with Gasteiger partial charge in [0.1, 0.15) is 0 Å². The average molecular weight is 317 g/mol. The van der Waals surface area contributed by atoms with Gasteiger partial charge in [-0.05, 0) is 45.2 Å². The largest absolute Gasteiger partial charge is 0.355 e. The Balaban J connectivity index is 1.49. The van der Waals surface area contributed by atoms with E-state index in [9.17, 15) is 4.79 Å². The van der Waals surface area contributed by atoms with Crippen molar-refractivity contribution in [1.29, 1.82) is 0 Å². The van der Waals surface area contributed by atoms with Crippen LogP contribution in [0.15, 0.2) is 0 Å². The van der Waals surface area contributed by atoms with E-state index in [0.717, 1.165) is 24.8 Å². The van der Waals surface area contributed by atoms with E-state index in [0.29, 0.717) is 12.5 Å². The molecular formula is C15H28N2OS2. The summed E-state index contributed by atoms with van der Waals surface area (Å²) in [4.78, 5) is 14.3. The molecule has 2 aliphatic heterocycles. The molecule has 2 atom stereocenters. The van der Waals surface area contributed by atoms with Crippen molar-refractivity contribution in [3.63, 3.8) is 0 Å². The highest BCUT2D eigenvalue weighted by molar-refractivity contribution is 8.77. The van der Waals surface area contributed by atoms with Gasteiger partial charge in [0.15, 0.2) is 0 Å². The zero-order valence-electron chi connectivity index (χ0n) is 12.6. The van der Waals surface area contributed by atoms with Gasteiger partial charge in [0.25, 0.3) is 0 Å². The minimum Gasteiger partial charge on any atom is -0.355 e. The van der Waals surface area contributed by atoms with Crippen LogP contribution in [0.5, 0.6) is 0 Å². The maximum atomic E-state index is 11.9. The first-order valence-electron chi connectivity index (χ1n) is 8.08. The molecule has 5 heteroatoms. The lowest BCUT2D eigenvalue weighted by Gasteiger charge is -2.22. The lowest BCUT2D eigenvalue weighted by atomic mass is 10.1. The molecule has 2 fully saturated rings. The Morgan fingerprint density at radius 1 is 1.35 bits per heavy atom. The van der Waals surface area contributed by atoms with Gasteiger partial charge >= 0.3 is 0 Å². The molecule has 0 aliphatic carbocycles. The van der Waals surface area contributed by atoms with Crippen molar-refractivity contribution >= 4 is 27.5 Å². The quantitative estimate of drug-likeness (QED) is 0.550. The predicted octanol–water partition coefficient (Wildman–Crippen LogP) is 3.30. The Hall–Kier alpha value is 0.130. The maximum absolute atomic E-state index is 11.9. The van der Waals surface area contributed by atoms with E-state index in [4.69, 9.17) is 0 Å². The summed E-state index contributed by atoms with van der Waals surface area (Å²) >= 11 is 0. The predicted molar refractivity (Wildman–Crippen MR) is 90.2 cm³/mol. The number of nitrogens with zero attached hydrogens (tertiary/aromatic N) is 1. The number of unbranched alkanes of at least 4 members (excludes halogenated alkanes) is 1. The third-order valence-corrected chi connectivity index (χ3v) is 7.35. The van der Waals surface area contributed by atoms with Crippen LogP contribution < -0.4 is 5.32 Å². The minimum atomic E-state index is 0.251. The normalized spacial score (nSPS) is 27.1. The number of rotatable bonds is 8. The molecule has 0 aromatic carbocycles. The molecule has 0 unspecified atom stereocenters. The molecule has 1 N–H and O–H groups in total. The van der Waals surface area contributed by atoms with Crippen LogP contribution in [0.4, 0.5) is 0 Å². The number of likely N-dealkylation sites (tertiary alicyclic amines) is 1. The lowest BCUT2D eigenvalue weighted by Crippen LogP contribution is -2.39. The van der Waals surface area contributed by atoms with Crippen molar-refractivity contribution in [3.05, 3.63) is 0 Å². The Morgan fingerprint density at radius 2 is 2.25 bits per heavy atom. The molecule has 0 aromatic heterocycles. The maximum Gasteiger partial charge on any atom is 0.220 e. The topological polar surface area (TPSA) is 32.3 Å². The molecule has 0 spiro atoms. The van der Waals surface area contributed by atoms with Crippen molar-refractivity contribution in [1.82, 2.24) is 10.2 Å². The summed E-state index contributed by atoms with van der Waals surface area (Å²) in [6.45, 7) is 5.37. The molecule has 2 heterocycles. The third kappa shape index (κ3) is 5.49. The number of hydrogen-bond donors (Lipinski definition) is 1. The molecule has 0 saturated carbocycles. The zero-order valence-corrected chi connectivity index (χ0v) is 14.2. The summed E-state index contributed by atoms with van der Waals surface area (Å²) < 4.78 is 0.